The second kappa shape index (κ2) is 9.45. The maximum Gasteiger partial charge on any atom is 0.271 e. The normalized spacial score (nSPS) is 16.2. The molecule has 2 aromatic carbocycles. The van der Waals surface area contributed by atoms with E-state index in [9.17, 15) is 14.9 Å². The monoisotopic (exact) mass is 415 g/mol. The van der Waals surface area contributed by atoms with Gasteiger partial charge in [-0.2, -0.15) is 0 Å². The van der Waals surface area contributed by atoms with Crippen LogP contribution in [0.25, 0.3) is 0 Å². The van der Waals surface area contributed by atoms with Gasteiger partial charge in [0, 0.05) is 29.8 Å². The molecule has 9 heteroatoms. The fourth-order valence-electron chi connectivity index (χ4n) is 3.74. The van der Waals surface area contributed by atoms with Crippen LogP contribution in [0.2, 0.25) is 0 Å². The topological polar surface area (TPSA) is 103 Å². The number of carbonyl (C=O) groups excluding carboxylic acids is 1. The van der Waals surface area contributed by atoms with Gasteiger partial charge in [0.25, 0.3) is 5.69 Å². The van der Waals surface area contributed by atoms with Gasteiger partial charge in [-0.15, -0.1) is 0 Å². The predicted molar refractivity (Wildman–Crippen MR) is 111 cm³/mol. The fraction of sp³-hybridized carbons (Fsp3) is 0.381. The molecule has 3 rings (SSSR count). The highest BCUT2D eigenvalue weighted by molar-refractivity contribution is 5.94. The molecule has 9 nitrogen and oxygen atoms in total. The number of nitrogens with zero attached hydrogens (tertiary/aromatic N) is 2. The predicted octanol–water partition coefficient (Wildman–Crippen LogP) is 3.40. The number of hydrogen-bond acceptors (Lipinski definition) is 7. The van der Waals surface area contributed by atoms with Crippen molar-refractivity contribution in [2.24, 2.45) is 0 Å². The summed E-state index contributed by atoms with van der Waals surface area (Å²) >= 11 is 0. The van der Waals surface area contributed by atoms with Crippen molar-refractivity contribution in [3.63, 3.8) is 0 Å². The molecule has 2 aromatic rings. The summed E-state index contributed by atoms with van der Waals surface area (Å²) in [6.07, 6.45) is 1.85. The molecule has 0 saturated carbocycles. The van der Waals surface area contributed by atoms with Crippen LogP contribution in [0, 0.1) is 10.1 Å². The van der Waals surface area contributed by atoms with Crippen molar-refractivity contribution in [1.82, 2.24) is 4.90 Å². The summed E-state index contributed by atoms with van der Waals surface area (Å²) < 4.78 is 16.0. The van der Waals surface area contributed by atoms with Crippen LogP contribution < -0.4 is 19.5 Å². The number of nitro groups is 1. The Morgan fingerprint density at radius 3 is 2.57 bits per heavy atom. The van der Waals surface area contributed by atoms with Crippen molar-refractivity contribution in [1.29, 1.82) is 0 Å². The minimum absolute atomic E-state index is 0.0311. The smallest absolute Gasteiger partial charge is 0.271 e. The van der Waals surface area contributed by atoms with Crippen molar-refractivity contribution in [2.75, 3.05) is 39.7 Å². The number of anilines is 1. The van der Waals surface area contributed by atoms with Crippen LogP contribution in [0.15, 0.2) is 36.4 Å². The Morgan fingerprint density at radius 2 is 1.90 bits per heavy atom. The third-order valence-electron chi connectivity index (χ3n) is 5.18. The third kappa shape index (κ3) is 4.62. The molecule has 1 amide bonds. The molecule has 1 N–H and O–H groups in total. The second-order valence-corrected chi connectivity index (χ2v) is 6.93. The number of benzene rings is 2. The summed E-state index contributed by atoms with van der Waals surface area (Å²) in [5.74, 6) is 1.51. The van der Waals surface area contributed by atoms with Crippen LogP contribution in [0.5, 0.6) is 17.2 Å². The molecule has 0 unspecified atom stereocenters. The maximum atomic E-state index is 12.7. The first kappa shape index (κ1) is 21.4. The van der Waals surface area contributed by atoms with Gasteiger partial charge in [-0.25, -0.2) is 0 Å². The Labute approximate surface area is 174 Å². The number of hydrogen-bond donors (Lipinski definition) is 1. The van der Waals surface area contributed by atoms with Gasteiger partial charge in [-0.3, -0.25) is 19.8 Å². The van der Waals surface area contributed by atoms with Gasteiger partial charge in [-0.05, 0) is 31.5 Å². The number of non-ortho nitro benzene ring substituents is 1. The minimum Gasteiger partial charge on any atom is -0.497 e. The average molecular weight is 415 g/mol. The SMILES string of the molecule is COc1ccc([C@@H]2CCCN2CC(=O)Nc2cc([N+](=O)[O-])ccc2OC)c(OC)c1. The van der Waals surface area contributed by atoms with Crippen molar-refractivity contribution >= 4 is 17.3 Å². The number of carbonyl (C=O) groups is 1. The standard InChI is InChI=1S/C21H25N3O6/c1-28-15-7-8-16(20(12-15)30-3)18-5-4-10-23(18)13-21(25)22-17-11-14(24(26)27)6-9-19(17)29-2/h6-9,11-12,18H,4-5,10,13H2,1-3H3,(H,22,25)/t18-/m0/s1. The Bertz CT molecular complexity index is 933. The Hall–Kier alpha value is -3.33. The van der Waals surface area contributed by atoms with Crippen LogP contribution in [-0.2, 0) is 4.79 Å². The molecular formula is C21H25N3O6. The minimum atomic E-state index is -0.512. The molecule has 160 valence electrons. The van der Waals surface area contributed by atoms with E-state index in [0.29, 0.717) is 17.2 Å². The zero-order valence-electron chi connectivity index (χ0n) is 17.2. The van der Waals surface area contributed by atoms with E-state index in [2.05, 4.69) is 10.2 Å². The van der Waals surface area contributed by atoms with E-state index in [-0.39, 0.29) is 29.9 Å². The van der Waals surface area contributed by atoms with E-state index in [4.69, 9.17) is 14.2 Å². The molecule has 1 aliphatic heterocycles. The van der Waals surface area contributed by atoms with Crippen LogP contribution in [0.1, 0.15) is 24.4 Å². The zero-order chi connectivity index (χ0) is 21.7. The number of rotatable bonds is 8. The quantitative estimate of drug-likeness (QED) is 0.521. The van der Waals surface area contributed by atoms with Gasteiger partial charge in [0.1, 0.15) is 17.2 Å². The van der Waals surface area contributed by atoms with Crippen molar-refractivity contribution in [3.8, 4) is 17.2 Å². The highest BCUT2D eigenvalue weighted by Gasteiger charge is 2.30. The van der Waals surface area contributed by atoms with Gasteiger partial charge < -0.3 is 19.5 Å². The summed E-state index contributed by atoms with van der Waals surface area (Å²) in [6.45, 7) is 0.908. The van der Waals surface area contributed by atoms with E-state index >= 15 is 0 Å². The van der Waals surface area contributed by atoms with Gasteiger partial charge in [0.05, 0.1) is 38.5 Å². The lowest BCUT2D eigenvalue weighted by Gasteiger charge is -2.26. The molecule has 1 heterocycles. The van der Waals surface area contributed by atoms with E-state index in [1.165, 1.54) is 25.3 Å². The van der Waals surface area contributed by atoms with Gasteiger partial charge >= 0.3 is 0 Å². The molecule has 1 atom stereocenters. The Balaban J connectivity index is 1.75. The summed E-state index contributed by atoms with van der Waals surface area (Å²) in [7, 11) is 4.66. The highest BCUT2D eigenvalue weighted by atomic mass is 16.6. The lowest BCUT2D eigenvalue weighted by atomic mass is 10.0. The van der Waals surface area contributed by atoms with E-state index < -0.39 is 4.92 Å². The first-order valence-electron chi connectivity index (χ1n) is 9.55. The first-order chi connectivity index (χ1) is 14.5. The zero-order valence-corrected chi connectivity index (χ0v) is 17.2. The van der Waals surface area contributed by atoms with Crippen LogP contribution in [0.3, 0.4) is 0 Å². The van der Waals surface area contributed by atoms with Gasteiger partial charge in [0.15, 0.2) is 0 Å². The molecule has 0 radical (unpaired) electrons. The molecule has 1 saturated heterocycles. The van der Waals surface area contributed by atoms with Crippen molar-refractivity contribution < 1.29 is 23.9 Å². The van der Waals surface area contributed by atoms with Gasteiger partial charge in [-0.1, -0.05) is 6.07 Å². The number of likely N-dealkylation sites (tertiary alicyclic amines) is 1. The fourth-order valence-corrected chi connectivity index (χ4v) is 3.74. The Kier molecular flexibility index (Phi) is 6.73. The number of ether oxygens (including phenoxy) is 3. The average Bonchev–Trinajstić information content (AvgIpc) is 3.20. The largest absolute Gasteiger partial charge is 0.497 e. The summed E-state index contributed by atoms with van der Waals surface area (Å²) in [5, 5.41) is 13.8. The highest BCUT2D eigenvalue weighted by Crippen LogP contribution is 2.38. The lowest BCUT2D eigenvalue weighted by molar-refractivity contribution is -0.384. The number of methoxy groups -OCH3 is 3. The Morgan fingerprint density at radius 1 is 1.13 bits per heavy atom. The third-order valence-corrected chi connectivity index (χ3v) is 5.18. The van der Waals surface area contributed by atoms with Gasteiger partial charge in [0.2, 0.25) is 5.91 Å². The molecule has 30 heavy (non-hydrogen) atoms. The molecule has 1 fully saturated rings. The van der Waals surface area contributed by atoms with E-state index in [1.54, 1.807) is 14.2 Å². The van der Waals surface area contributed by atoms with Crippen LogP contribution in [0.4, 0.5) is 11.4 Å². The maximum absolute atomic E-state index is 12.7. The second-order valence-electron chi connectivity index (χ2n) is 6.93. The van der Waals surface area contributed by atoms with Crippen LogP contribution >= 0.6 is 0 Å². The number of amides is 1. The summed E-state index contributed by atoms with van der Waals surface area (Å²) in [4.78, 5) is 25.3. The van der Waals surface area contributed by atoms with Crippen molar-refractivity contribution in [2.45, 2.75) is 18.9 Å². The van der Waals surface area contributed by atoms with Crippen LogP contribution in [-0.4, -0.2) is 50.1 Å². The molecule has 0 bridgehead atoms. The summed E-state index contributed by atoms with van der Waals surface area (Å²) in [5.41, 5.74) is 1.15. The molecular weight excluding hydrogens is 390 g/mol. The molecule has 1 aliphatic rings. The van der Waals surface area contributed by atoms with Crippen molar-refractivity contribution in [3.05, 3.63) is 52.1 Å². The molecule has 0 aromatic heterocycles. The van der Waals surface area contributed by atoms with E-state index in [0.717, 1.165) is 24.9 Å². The molecule has 0 aliphatic carbocycles. The number of nitro benzene ring substituents is 1. The van der Waals surface area contributed by atoms with E-state index in [1.807, 2.05) is 18.2 Å². The lowest BCUT2D eigenvalue weighted by Crippen LogP contribution is -2.33. The molecule has 0 spiro atoms. The number of nitrogens with one attached hydrogen (secondary N) is 1. The summed E-state index contributed by atoms with van der Waals surface area (Å²) in [6, 6.07) is 9.80. The first-order valence-corrected chi connectivity index (χ1v) is 9.55.